The van der Waals surface area contributed by atoms with Crippen molar-refractivity contribution in [3.63, 3.8) is 0 Å². The molecule has 0 unspecified atom stereocenters. The van der Waals surface area contributed by atoms with E-state index in [4.69, 9.17) is 0 Å². The van der Waals surface area contributed by atoms with E-state index in [0.29, 0.717) is 0 Å². The van der Waals surface area contributed by atoms with Crippen LogP contribution in [0.2, 0.25) is 0 Å². The molecule has 0 saturated heterocycles. The van der Waals surface area contributed by atoms with E-state index >= 15 is 0 Å². The minimum absolute atomic E-state index is 0. The average molecular weight is 382 g/mol. The highest BCUT2D eigenvalue weighted by Crippen LogP contribution is 2.14. The first kappa shape index (κ1) is 20.1. The maximum Gasteiger partial charge on any atom is 0.240 e. The first-order valence-electron chi connectivity index (χ1n) is 6.77. The first-order chi connectivity index (χ1) is 10.3. The molecule has 1 aliphatic heterocycles. The molecule has 23 heavy (non-hydrogen) atoms. The molecule has 0 aliphatic carbocycles. The van der Waals surface area contributed by atoms with Crippen molar-refractivity contribution < 1.29 is 16.8 Å². The van der Waals surface area contributed by atoms with E-state index in [1.165, 1.54) is 31.3 Å². The van der Waals surface area contributed by atoms with Crippen molar-refractivity contribution in [1.29, 1.82) is 0 Å². The van der Waals surface area contributed by atoms with Crippen molar-refractivity contribution >= 4 is 32.5 Å². The SMILES string of the molecule is CNS(=O)(=O)c1ccc(S(=O)(=O)NCC2=CCNCC2)cc1.Cl. The quantitative estimate of drug-likeness (QED) is 0.611. The molecule has 0 aromatic heterocycles. The standard InChI is InChI=1S/C13H19N3O4S2.ClH/c1-14-21(17,18)12-2-4-13(5-3-12)22(19,20)16-10-11-6-8-15-9-7-11;/h2-6,14-16H,7-10H2,1H3;1H. The molecule has 0 bridgehead atoms. The molecular weight excluding hydrogens is 362 g/mol. The van der Waals surface area contributed by atoms with Crippen LogP contribution in [0.4, 0.5) is 0 Å². The van der Waals surface area contributed by atoms with Crippen molar-refractivity contribution in [2.24, 2.45) is 0 Å². The zero-order chi connectivity index (χ0) is 16.2. The predicted molar refractivity (Wildman–Crippen MR) is 90.7 cm³/mol. The fourth-order valence-corrected chi connectivity index (χ4v) is 3.78. The molecule has 1 aromatic carbocycles. The first-order valence-corrected chi connectivity index (χ1v) is 9.74. The second-order valence-corrected chi connectivity index (χ2v) is 8.47. The van der Waals surface area contributed by atoms with Crippen LogP contribution in [0.3, 0.4) is 0 Å². The van der Waals surface area contributed by atoms with E-state index in [1.807, 2.05) is 6.08 Å². The fourth-order valence-electron chi connectivity index (χ4n) is 2.02. The zero-order valence-corrected chi connectivity index (χ0v) is 15.0. The van der Waals surface area contributed by atoms with E-state index in [2.05, 4.69) is 14.8 Å². The maximum atomic E-state index is 12.2. The molecule has 1 heterocycles. The Hall–Kier alpha value is -0.970. The number of sulfonamides is 2. The lowest BCUT2D eigenvalue weighted by Crippen LogP contribution is -2.29. The van der Waals surface area contributed by atoms with E-state index < -0.39 is 20.0 Å². The van der Waals surface area contributed by atoms with Gasteiger partial charge in [0.05, 0.1) is 9.79 Å². The Morgan fingerprint density at radius 1 is 1.04 bits per heavy atom. The summed E-state index contributed by atoms with van der Waals surface area (Å²) in [6.07, 6.45) is 2.77. The number of hydrogen-bond acceptors (Lipinski definition) is 5. The van der Waals surface area contributed by atoms with Gasteiger partial charge in [-0.2, -0.15) is 0 Å². The van der Waals surface area contributed by atoms with Gasteiger partial charge in [-0.25, -0.2) is 26.3 Å². The van der Waals surface area contributed by atoms with E-state index in [1.54, 1.807) is 0 Å². The Morgan fingerprint density at radius 3 is 2.09 bits per heavy atom. The molecule has 1 aliphatic rings. The van der Waals surface area contributed by atoms with Crippen LogP contribution in [-0.2, 0) is 20.0 Å². The van der Waals surface area contributed by atoms with Gasteiger partial charge in [-0.3, -0.25) is 0 Å². The smallest absolute Gasteiger partial charge is 0.240 e. The van der Waals surface area contributed by atoms with Gasteiger partial charge in [-0.15, -0.1) is 12.4 Å². The van der Waals surface area contributed by atoms with Crippen molar-refractivity contribution in [3.8, 4) is 0 Å². The van der Waals surface area contributed by atoms with Crippen LogP contribution < -0.4 is 14.8 Å². The Kier molecular flexibility index (Phi) is 7.18. The summed E-state index contributed by atoms with van der Waals surface area (Å²) in [5.41, 5.74) is 1.04. The molecule has 7 nitrogen and oxygen atoms in total. The number of halogens is 1. The van der Waals surface area contributed by atoms with Gasteiger partial charge < -0.3 is 5.32 Å². The van der Waals surface area contributed by atoms with Gasteiger partial charge in [0.15, 0.2) is 0 Å². The predicted octanol–water partition coefficient (Wildman–Crippen LogP) is 0.215. The van der Waals surface area contributed by atoms with Gasteiger partial charge in [0.25, 0.3) is 0 Å². The molecule has 2 rings (SSSR count). The minimum atomic E-state index is -3.66. The highest BCUT2D eigenvalue weighted by Gasteiger charge is 2.17. The van der Waals surface area contributed by atoms with Gasteiger partial charge in [-0.1, -0.05) is 11.6 Å². The summed E-state index contributed by atoms with van der Waals surface area (Å²) in [4.78, 5) is 0.0621. The van der Waals surface area contributed by atoms with E-state index in [0.717, 1.165) is 25.1 Å². The van der Waals surface area contributed by atoms with Crippen molar-refractivity contribution in [3.05, 3.63) is 35.9 Å². The maximum absolute atomic E-state index is 12.2. The van der Waals surface area contributed by atoms with Crippen LogP contribution in [0, 0.1) is 0 Å². The largest absolute Gasteiger partial charge is 0.313 e. The van der Waals surface area contributed by atoms with Crippen LogP contribution in [0.15, 0.2) is 45.7 Å². The third-order valence-corrected chi connectivity index (χ3v) is 6.21. The highest BCUT2D eigenvalue weighted by molar-refractivity contribution is 7.90. The van der Waals surface area contributed by atoms with Gasteiger partial charge in [0.2, 0.25) is 20.0 Å². The minimum Gasteiger partial charge on any atom is -0.313 e. The summed E-state index contributed by atoms with van der Waals surface area (Å²) < 4.78 is 52.3. The fraction of sp³-hybridized carbons (Fsp3) is 0.385. The second-order valence-electron chi connectivity index (χ2n) is 4.82. The number of benzene rings is 1. The summed E-state index contributed by atoms with van der Waals surface area (Å²) in [6.45, 7) is 1.85. The van der Waals surface area contributed by atoms with Crippen LogP contribution in [0.1, 0.15) is 6.42 Å². The zero-order valence-electron chi connectivity index (χ0n) is 12.6. The van der Waals surface area contributed by atoms with Crippen molar-refractivity contribution in [1.82, 2.24) is 14.8 Å². The van der Waals surface area contributed by atoms with E-state index in [9.17, 15) is 16.8 Å². The Morgan fingerprint density at radius 2 is 1.61 bits per heavy atom. The third-order valence-electron chi connectivity index (χ3n) is 3.36. The molecule has 0 saturated carbocycles. The van der Waals surface area contributed by atoms with Gasteiger partial charge in [0, 0.05) is 13.1 Å². The number of nitrogens with one attached hydrogen (secondary N) is 3. The normalized spacial score (nSPS) is 15.6. The molecule has 3 N–H and O–H groups in total. The second kappa shape index (κ2) is 8.22. The summed E-state index contributed by atoms with van der Waals surface area (Å²) in [5.74, 6) is 0. The summed E-state index contributed by atoms with van der Waals surface area (Å²) in [7, 11) is -5.93. The van der Waals surface area contributed by atoms with E-state index in [-0.39, 0.29) is 28.7 Å². The van der Waals surface area contributed by atoms with Crippen LogP contribution in [0.25, 0.3) is 0 Å². The lowest BCUT2D eigenvalue weighted by Gasteiger charge is -2.14. The van der Waals surface area contributed by atoms with Crippen molar-refractivity contribution in [2.75, 3.05) is 26.7 Å². The van der Waals surface area contributed by atoms with Gasteiger partial charge in [0.1, 0.15) is 0 Å². The molecule has 0 spiro atoms. The van der Waals surface area contributed by atoms with Crippen LogP contribution >= 0.6 is 12.4 Å². The number of rotatable bonds is 6. The monoisotopic (exact) mass is 381 g/mol. The van der Waals surface area contributed by atoms with Crippen LogP contribution in [-0.4, -0.2) is 43.5 Å². The molecule has 0 radical (unpaired) electrons. The Balaban J connectivity index is 0.00000264. The third kappa shape index (κ3) is 5.27. The highest BCUT2D eigenvalue weighted by atomic mass is 35.5. The molecule has 0 atom stereocenters. The Labute approximate surface area is 143 Å². The lowest BCUT2D eigenvalue weighted by molar-refractivity contribution is 0.580. The summed E-state index contributed by atoms with van der Waals surface area (Å²) in [5, 5.41) is 3.15. The summed E-state index contributed by atoms with van der Waals surface area (Å²) >= 11 is 0. The van der Waals surface area contributed by atoms with Gasteiger partial charge in [-0.05, 0) is 44.3 Å². The Bertz CT molecular complexity index is 759. The topological polar surface area (TPSA) is 104 Å². The molecule has 10 heteroatoms. The van der Waals surface area contributed by atoms with Crippen molar-refractivity contribution in [2.45, 2.75) is 16.2 Å². The molecule has 0 fully saturated rings. The average Bonchev–Trinajstić information content (AvgIpc) is 2.54. The number of hydrogen-bond donors (Lipinski definition) is 3. The molecule has 0 amide bonds. The summed E-state index contributed by atoms with van der Waals surface area (Å²) in [6, 6.07) is 5.10. The molecular formula is C13H20ClN3O4S2. The van der Waals surface area contributed by atoms with Crippen LogP contribution in [0.5, 0.6) is 0 Å². The molecule has 1 aromatic rings. The molecule has 130 valence electrons. The van der Waals surface area contributed by atoms with Gasteiger partial charge >= 0.3 is 0 Å². The lowest BCUT2D eigenvalue weighted by atomic mass is 10.1.